The fourth-order valence-corrected chi connectivity index (χ4v) is 4.91. The van der Waals surface area contributed by atoms with Crippen molar-refractivity contribution in [3.05, 3.63) is 83.9 Å². The van der Waals surface area contributed by atoms with Crippen LogP contribution in [-0.2, 0) is 22.7 Å². The van der Waals surface area contributed by atoms with Crippen molar-refractivity contribution < 1.29 is 32.2 Å². The van der Waals surface area contributed by atoms with Crippen LogP contribution in [0.5, 0.6) is 11.5 Å². The van der Waals surface area contributed by atoms with E-state index in [1.807, 2.05) is 48.5 Å². The number of ether oxygens (including phenoxy) is 2. The minimum Gasteiger partial charge on any atom is -0.487 e. The van der Waals surface area contributed by atoms with E-state index >= 15 is 0 Å². The Bertz CT molecular complexity index is 1310. The topological polar surface area (TPSA) is 71.1 Å². The first kappa shape index (κ1) is 25.6. The van der Waals surface area contributed by atoms with Gasteiger partial charge in [0.05, 0.1) is 18.3 Å². The molecule has 2 bridgehead atoms. The summed E-state index contributed by atoms with van der Waals surface area (Å²) in [5.41, 5.74) is 2.95. The van der Waals surface area contributed by atoms with Crippen molar-refractivity contribution >= 4 is 23.2 Å². The van der Waals surface area contributed by atoms with Gasteiger partial charge in [0.15, 0.2) is 0 Å². The highest BCUT2D eigenvalue weighted by Crippen LogP contribution is 2.37. The van der Waals surface area contributed by atoms with Gasteiger partial charge in [-0.2, -0.15) is 0 Å². The third-order valence-electron chi connectivity index (χ3n) is 6.52. The highest BCUT2D eigenvalue weighted by Gasteiger charge is 2.42. The number of amides is 2. The maximum Gasteiger partial charge on any atom is 0.573 e. The minimum absolute atomic E-state index is 0.103. The molecule has 198 valence electrons. The number of nitrogens with one attached hydrogen (secondary N) is 1. The highest BCUT2D eigenvalue weighted by atomic mass is 19.4. The number of para-hydroxylation sites is 2. The number of halogens is 3. The van der Waals surface area contributed by atoms with Crippen LogP contribution in [0.25, 0.3) is 0 Å². The van der Waals surface area contributed by atoms with Crippen LogP contribution in [0.1, 0.15) is 24.5 Å². The number of rotatable bonds is 6. The van der Waals surface area contributed by atoms with Crippen molar-refractivity contribution in [2.24, 2.45) is 0 Å². The molecule has 0 radical (unpaired) electrons. The van der Waals surface area contributed by atoms with Crippen LogP contribution in [0.3, 0.4) is 0 Å². The molecule has 0 aromatic heterocycles. The molecule has 2 amide bonds. The summed E-state index contributed by atoms with van der Waals surface area (Å²) in [6.45, 7) is 2.69. The van der Waals surface area contributed by atoms with E-state index in [0.717, 1.165) is 5.56 Å². The summed E-state index contributed by atoms with van der Waals surface area (Å²) in [6.07, 6.45) is -4.42. The third-order valence-corrected chi connectivity index (χ3v) is 6.52. The SMILES string of the molecule is CC(=O)Nc1ccc(CN2CC3CC2C(=O)N(Cc2ccc(OC(F)(F)F)cc2)c2ccccc2O3)cc1. The van der Waals surface area contributed by atoms with E-state index in [-0.39, 0.29) is 30.2 Å². The van der Waals surface area contributed by atoms with E-state index in [0.29, 0.717) is 42.2 Å². The summed E-state index contributed by atoms with van der Waals surface area (Å²) in [5, 5.41) is 2.74. The smallest absolute Gasteiger partial charge is 0.487 e. The van der Waals surface area contributed by atoms with Gasteiger partial charge >= 0.3 is 6.36 Å². The summed E-state index contributed by atoms with van der Waals surface area (Å²) in [6, 6.07) is 19.8. The first-order chi connectivity index (χ1) is 18.1. The number of nitrogens with zero attached hydrogens (tertiary/aromatic N) is 2. The Labute approximate surface area is 217 Å². The van der Waals surface area contributed by atoms with Gasteiger partial charge in [0.1, 0.15) is 17.6 Å². The molecule has 2 unspecified atom stereocenters. The second-order valence-corrected chi connectivity index (χ2v) is 9.38. The summed E-state index contributed by atoms with van der Waals surface area (Å²) in [4.78, 5) is 29.0. The van der Waals surface area contributed by atoms with Crippen molar-refractivity contribution in [2.75, 3.05) is 16.8 Å². The van der Waals surface area contributed by atoms with E-state index in [1.165, 1.54) is 31.2 Å². The Morgan fingerprint density at radius 1 is 1.00 bits per heavy atom. The molecule has 3 aromatic carbocycles. The molecule has 0 spiro atoms. The Balaban J connectivity index is 1.38. The maximum atomic E-state index is 14.0. The van der Waals surface area contributed by atoms with Crippen molar-refractivity contribution in [1.82, 2.24) is 4.90 Å². The molecule has 2 heterocycles. The van der Waals surface area contributed by atoms with E-state index in [1.54, 1.807) is 4.90 Å². The number of anilines is 2. The van der Waals surface area contributed by atoms with Gasteiger partial charge in [-0.05, 0) is 47.5 Å². The molecular formula is C28H26F3N3O4. The summed E-state index contributed by atoms with van der Waals surface area (Å²) in [7, 11) is 0. The van der Waals surface area contributed by atoms with Crippen LogP contribution >= 0.6 is 0 Å². The number of likely N-dealkylation sites (tertiary alicyclic amines) is 1. The van der Waals surface area contributed by atoms with Gasteiger partial charge in [-0.15, -0.1) is 13.2 Å². The van der Waals surface area contributed by atoms with Gasteiger partial charge in [0, 0.05) is 32.1 Å². The average molecular weight is 526 g/mol. The van der Waals surface area contributed by atoms with E-state index in [4.69, 9.17) is 4.74 Å². The van der Waals surface area contributed by atoms with Crippen LogP contribution in [0.4, 0.5) is 24.5 Å². The van der Waals surface area contributed by atoms with Crippen molar-refractivity contribution in [1.29, 1.82) is 0 Å². The molecule has 38 heavy (non-hydrogen) atoms. The minimum atomic E-state index is -4.77. The lowest BCUT2D eigenvalue weighted by molar-refractivity contribution is -0.274. The highest BCUT2D eigenvalue weighted by molar-refractivity contribution is 5.99. The van der Waals surface area contributed by atoms with Crippen LogP contribution in [0.15, 0.2) is 72.8 Å². The van der Waals surface area contributed by atoms with E-state index < -0.39 is 12.4 Å². The quantitative estimate of drug-likeness (QED) is 0.484. The van der Waals surface area contributed by atoms with E-state index in [9.17, 15) is 22.8 Å². The summed E-state index contributed by atoms with van der Waals surface area (Å²) < 4.78 is 47.9. The van der Waals surface area contributed by atoms with Crippen LogP contribution < -0.4 is 19.7 Å². The molecule has 2 aliphatic rings. The lowest BCUT2D eigenvalue weighted by atomic mass is 10.1. The fraction of sp³-hybridized carbons (Fsp3) is 0.286. The molecule has 2 aliphatic heterocycles. The Morgan fingerprint density at radius 3 is 2.34 bits per heavy atom. The number of carbonyl (C=O) groups is 2. The van der Waals surface area contributed by atoms with Gasteiger partial charge in [0.2, 0.25) is 11.8 Å². The Morgan fingerprint density at radius 2 is 1.66 bits per heavy atom. The standard InChI is InChI=1S/C28H26F3N3O4/c1-18(35)32-21-10-6-19(7-11-21)15-33-17-23-14-25(33)27(36)34(24-4-2-3-5-26(24)37-23)16-20-8-12-22(13-9-20)38-28(29,30)31/h2-13,23,25H,14-17H2,1H3,(H,32,35). The molecule has 1 saturated heterocycles. The largest absolute Gasteiger partial charge is 0.573 e. The summed E-state index contributed by atoms with van der Waals surface area (Å²) >= 11 is 0. The molecule has 1 N–H and O–H groups in total. The number of alkyl halides is 3. The zero-order valence-electron chi connectivity index (χ0n) is 20.6. The molecule has 0 aliphatic carbocycles. The number of hydrogen-bond acceptors (Lipinski definition) is 5. The van der Waals surface area contributed by atoms with Crippen LogP contribution in [0, 0.1) is 0 Å². The normalized spacial score (nSPS) is 19.3. The second kappa shape index (κ2) is 10.4. The molecule has 2 atom stereocenters. The second-order valence-electron chi connectivity index (χ2n) is 9.38. The molecule has 3 aromatic rings. The first-order valence-corrected chi connectivity index (χ1v) is 12.2. The predicted molar refractivity (Wildman–Crippen MR) is 135 cm³/mol. The Hall–Kier alpha value is -4.05. The zero-order valence-corrected chi connectivity index (χ0v) is 20.6. The number of benzene rings is 3. The van der Waals surface area contributed by atoms with Crippen molar-refractivity contribution in [3.63, 3.8) is 0 Å². The predicted octanol–water partition coefficient (Wildman–Crippen LogP) is 5.11. The van der Waals surface area contributed by atoms with Gasteiger partial charge < -0.3 is 19.7 Å². The van der Waals surface area contributed by atoms with Gasteiger partial charge in [-0.1, -0.05) is 36.4 Å². The van der Waals surface area contributed by atoms with Gasteiger partial charge in [0.25, 0.3) is 0 Å². The summed E-state index contributed by atoms with van der Waals surface area (Å²) in [5.74, 6) is 0.0124. The van der Waals surface area contributed by atoms with Crippen molar-refractivity contribution in [3.8, 4) is 11.5 Å². The van der Waals surface area contributed by atoms with Crippen LogP contribution in [0.2, 0.25) is 0 Å². The first-order valence-electron chi connectivity index (χ1n) is 12.2. The fourth-order valence-electron chi connectivity index (χ4n) is 4.91. The molecule has 0 saturated carbocycles. The molecule has 1 fully saturated rings. The van der Waals surface area contributed by atoms with Gasteiger partial charge in [-0.3, -0.25) is 14.5 Å². The monoisotopic (exact) mass is 525 g/mol. The lowest BCUT2D eigenvalue weighted by Crippen LogP contribution is -2.45. The van der Waals surface area contributed by atoms with Crippen molar-refractivity contribution in [2.45, 2.75) is 44.9 Å². The van der Waals surface area contributed by atoms with E-state index in [2.05, 4.69) is 15.0 Å². The number of hydrogen-bond donors (Lipinski definition) is 1. The molecule has 10 heteroatoms. The van der Waals surface area contributed by atoms with Crippen LogP contribution in [-0.4, -0.2) is 41.8 Å². The maximum absolute atomic E-state index is 14.0. The lowest BCUT2D eigenvalue weighted by Gasteiger charge is -2.32. The molecular weight excluding hydrogens is 499 g/mol. The molecule has 5 rings (SSSR count). The van der Waals surface area contributed by atoms with Gasteiger partial charge in [-0.25, -0.2) is 0 Å². The average Bonchev–Trinajstić information content (AvgIpc) is 3.26. The molecule has 7 nitrogen and oxygen atoms in total. The Kier molecular flexibility index (Phi) is 6.98. The zero-order chi connectivity index (χ0) is 26.9. The third kappa shape index (κ3) is 5.91. The number of carbonyl (C=O) groups excluding carboxylic acids is 2. The number of fused-ring (bicyclic) bond motifs is 3.